The first-order chi connectivity index (χ1) is 9.74. The second kappa shape index (κ2) is 5.87. The normalized spacial score (nSPS) is 18.7. The molecule has 1 aromatic heterocycles. The van der Waals surface area contributed by atoms with E-state index in [0.717, 1.165) is 25.7 Å². The number of hydrogen-bond donors (Lipinski definition) is 2. The van der Waals surface area contributed by atoms with Gasteiger partial charge in [-0.3, -0.25) is 4.79 Å². The van der Waals surface area contributed by atoms with E-state index in [2.05, 4.69) is 21.3 Å². The van der Waals surface area contributed by atoms with Crippen molar-refractivity contribution in [2.45, 2.75) is 49.7 Å². The van der Waals surface area contributed by atoms with Gasteiger partial charge >= 0.3 is 0 Å². The van der Waals surface area contributed by atoms with Crippen LogP contribution in [0.2, 0.25) is 0 Å². The molecule has 0 spiro atoms. The van der Waals surface area contributed by atoms with Crippen LogP contribution >= 0.6 is 11.8 Å². The Kier molecular flexibility index (Phi) is 3.95. The third kappa shape index (κ3) is 3.15. The third-order valence-electron chi connectivity index (χ3n) is 3.56. The Hall–Kier alpha value is -1.50. The Bertz CT molecular complexity index is 523. The predicted octanol–water partition coefficient (Wildman–Crippen LogP) is 1.93. The van der Waals surface area contributed by atoms with Crippen LogP contribution < -0.4 is 5.73 Å². The maximum Gasteiger partial charge on any atom is 0.237 e. The van der Waals surface area contributed by atoms with Gasteiger partial charge in [-0.2, -0.15) is 4.98 Å². The molecule has 2 aliphatic rings. The summed E-state index contributed by atoms with van der Waals surface area (Å²) in [5.41, 5.74) is 6.69. The number of nitrogens with two attached hydrogens (primary N) is 1. The van der Waals surface area contributed by atoms with Crippen LogP contribution in [0.1, 0.15) is 38.5 Å². The molecule has 1 fully saturated rings. The topological polar surface area (TPSA) is 87.9 Å². The number of thioether (sulfide) groups is 1. The summed E-state index contributed by atoms with van der Waals surface area (Å²) in [5, 5.41) is 7.05. The van der Waals surface area contributed by atoms with Gasteiger partial charge in [0.05, 0.1) is 5.75 Å². The predicted molar refractivity (Wildman–Crippen MR) is 77.9 cm³/mol. The molecule has 0 aliphatic heterocycles. The fourth-order valence-corrected chi connectivity index (χ4v) is 3.15. The number of anilines is 1. The summed E-state index contributed by atoms with van der Waals surface area (Å²) < 4.78 is 0. The summed E-state index contributed by atoms with van der Waals surface area (Å²) in [7, 11) is 0. The van der Waals surface area contributed by atoms with Crippen LogP contribution in [0.5, 0.6) is 0 Å². The van der Waals surface area contributed by atoms with Gasteiger partial charge in [0.15, 0.2) is 0 Å². The van der Waals surface area contributed by atoms with Crippen molar-refractivity contribution in [2.75, 3.05) is 11.5 Å². The zero-order valence-corrected chi connectivity index (χ0v) is 12.2. The molecule has 3 rings (SSSR count). The molecule has 6 nitrogen and oxygen atoms in total. The van der Waals surface area contributed by atoms with Crippen molar-refractivity contribution in [1.82, 2.24) is 20.1 Å². The highest BCUT2D eigenvalue weighted by molar-refractivity contribution is 7.99. The van der Waals surface area contributed by atoms with Crippen molar-refractivity contribution in [3.8, 4) is 0 Å². The van der Waals surface area contributed by atoms with Gasteiger partial charge in [0, 0.05) is 11.7 Å². The Balaban J connectivity index is 1.62. The van der Waals surface area contributed by atoms with E-state index < -0.39 is 0 Å². The average molecular weight is 293 g/mol. The van der Waals surface area contributed by atoms with Gasteiger partial charge in [0.1, 0.15) is 0 Å². The molecule has 108 valence electrons. The molecule has 0 bridgehead atoms. The monoisotopic (exact) mass is 293 g/mol. The molecule has 2 aliphatic carbocycles. The molecule has 20 heavy (non-hydrogen) atoms. The minimum atomic E-state index is 0.161. The van der Waals surface area contributed by atoms with Crippen LogP contribution in [-0.4, -0.2) is 37.8 Å². The lowest BCUT2D eigenvalue weighted by Crippen LogP contribution is -2.34. The number of hydrogen-bond acceptors (Lipinski definition) is 5. The maximum atomic E-state index is 12.5. The van der Waals surface area contributed by atoms with E-state index in [1.165, 1.54) is 30.3 Å². The quantitative estimate of drug-likeness (QED) is 0.810. The summed E-state index contributed by atoms with van der Waals surface area (Å²) >= 11 is 1.33. The largest absolute Gasteiger partial charge is 0.368 e. The summed E-state index contributed by atoms with van der Waals surface area (Å²) in [6.07, 6.45) is 9.03. The SMILES string of the molecule is Nc1nc(SCC(=O)N(C2=CCCCC2)C2CC2)n[nH]1. The van der Waals surface area contributed by atoms with Gasteiger partial charge in [-0.15, -0.1) is 5.10 Å². The summed E-state index contributed by atoms with van der Waals surface area (Å²) in [4.78, 5) is 18.5. The molecule has 3 N–H and O–H groups in total. The number of rotatable bonds is 5. The minimum absolute atomic E-state index is 0.161. The number of nitrogens with zero attached hydrogens (tertiary/aromatic N) is 3. The molecule has 1 amide bonds. The minimum Gasteiger partial charge on any atom is -0.368 e. The van der Waals surface area contributed by atoms with Crippen LogP contribution in [0.3, 0.4) is 0 Å². The molecule has 7 heteroatoms. The summed E-state index contributed by atoms with van der Waals surface area (Å²) in [6.45, 7) is 0. The van der Waals surface area contributed by atoms with Crippen molar-refractivity contribution in [3.63, 3.8) is 0 Å². The molecule has 1 heterocycles. The van der Waals surface area contributed by atoms with Gasteiger partial charge in [-0.25, -0.2) is 5.10 Å². The molecule has 0 aromatic carbocycles. The van der Waals surface area contributed by atoms with Crippen LogP contribution in [0.25, 0.3) is 0 Å². The lowest BCUT2D eigenvalue weighted by Gasteiger charge is -2.27. The Labute approximate surface area is 122 Å². The number of nitrogen functional groups attached to an aromatic ring is 1. The first-order valence-electron chi connectivity index (χ1n) is 7.06. The summed E-state index contributed by atoms with van der Waals surface area (Å²) in [6, 6.07) is 0.421. The number of H-pyrrole nitrogens is 1. The summed E-state index contributed by atoms with van der Waals surface area (Å²) in [5.74, 6) is 0.813. The van der Waals surface area contributed by atoms with Crippen LogP contribution in [-0.2, 0) is 4.79 Å². The van der Waals surface area contributed by atoms with Gasteiger partial charge < -0.3 is 10.6 Å². The zero-order valence-electron chi connectivity index (χ0n) is 11.3. The van der Waals surface area contributed by atoms with E-state index in [0.29, 0.717) is 17.0 Å². The Morgan fingerprint density at radius 3 is 2.95 bits per heavy atom. The zero-order chi connectivity index (χ0) is 13.9. The van der Waals surface area contributed by atoms with Crippen molar-refractivity contribution < 1.29 is 4.79 Å². The number of aromatic amines is 1. The highest BCUT2D eigenvalue weighted by Gasteiger charge is 2.34. The number of carbonyl (C=O) groups is 1. The molecular formula is C13H19N5OS. The van der Waals surface area contributed by atoms with E-state index in [1.807, 2.05) is 4.90 Å². The van der Waals surface area contributed by atoms with Crippen molar-refractivity contribution >= 4 is 23.6 Å². The van der Waals surface area contributed by atoms with Crippen molar-refractivity contribution in [2.24, 2.45) is 0 Å². The van der Waals surface area contributed by atoms with E-state index >= 15 is 0 Å². The highest BCUT2D eigenvalue weighted by Crippen LogP contribution is 2.34. The standard InChI is InChI=1S/C13H19N5OS/c14-12-15-13(17-16-12)20-8-11(19)18(10-6-7-10)9-4-2-1-3-5-9/h4,10H,1-3,5-8H2,(H3,14,15,16,17). The van der Waals surface area contributed by atoms with E-state index in [9.17, 15) is 4.79 Å². The number of aromatic nitrogens is 3. The fraction of sp³-hybridized carbons (Fsp3) is 0.615. The first-order valence-corrected chi connectivity index (χ1v) is 8.04. The molecule has 0 radical (unpaired) electrons. The van der Waals surface area contributed by atoms with E-state index in [4.69, 9.17) is 5.73 Å². The third-order valence-corrected chi connectivity index (χ3v) is 4.40. The highest BCUT2D eigenvalue weighted by atomic mass is 32.2. The van der Waals surface area contributed by atoms with E-state index in [-0.39, 0.29) is 11.9 Å². The van der Waals surface area contributed by atoms with Gasteiger partial charge in [0.25, 0.3) is 0 Å². The van der Waals surface area contributed by atoms with Gasteiger partial charge in [-0.05, 0) is 38.5 Å². The molecule has 1 aromatic rings. The smallest absolute Gasteiger partial charge is 0.237 e. The number of nitrogens with one attached hydrogen (secondary N) is 1. The van der Waals surface area contributed by atoms with Crippen LogP contribution in [0, 0.1) is 0 Å². The van der Waals surface area contributed by atoms with Crippen LogP contribution in [0.15, 0.2) is 16.9 Å². The molecular weight excluding hydrogens is 274 g/mol. The van der Waals surface area contributed by atoms with Crippen molar-refractivity contribution in [1.29, 1.82) is 0 Å². The lowest BCUT2D eigenvalue weighted by molar-refractivity contribution is -0.127. The van der Waals surface area contributed by atoms with Crippen LogP contribution in [0.4, 0.5) is 5.95 Å². The maximum absolute atomic E-state index is 12.5. The molecule has 1 saturated carbocycles. The molecule has 0 atom stereocenters. The second-order valence-electron chi connectivity index (χ2n) is 5.23. The van der Waals surface area contributed by atoms with Gasteiger partial charge in [-0.1, -0.05) is 17.8 Å². The average Bonchev–Trinajstić information content (AvgIpc) is 3.20. The Morgan fingerprint density at radius 1 is 1.50 bits per heavy atom. The number of carbonyl (C=O) groups excluding carboxylic acids is 1. The fourth-order valence-electron chi connectivity index (χ4n) is 2.49. The van der Waals surface area contributed by atoms with Gasteiger partial charge in [0.2, 0.25) is 17.0 Å². The molecule has 0 saturated heterocycles. The second-order valence-corrected chi connectivity index (χ2v) is 6.17. The first kappa shape index (κ1) is 13.5. The molecule has 0 unspecified atom stereocenters. The number of allylic oxidation sites excluding steroid dienone is 2. The lowest BCUT2D eigenvalue weighted by atomic mass is 10.0. The Morgan fingerprint density at radius 2 is 2.35 bits per heavy atom. The van der Waals surface area contributed by atoms with Crippen molar-refractivity contribution in [3.05, 3.63) is 11.8 Å². The van der Waals surface area contributed by atoms with E-state index in [1.54, 1.807) is 0 Å². The number of amides is 1.